The van der Waals surface area contributed by atoms with Crippen LogP contribution in [0.5, 0.6) is 0 Å². The maximum absolute atomic E-state index is 12.9. The fourth-order valence-electron chi connectivity index (χ4n) is 3.46. The van der Waals surface area contributed by atoms with Crippen LogP contribution < -0.4 is 5.56 Å². The molecule has 0 amide bonds. The highest BCUT2D eigenvalue weighted by Crippen LogP contribution is 2.18. The number of hydrogen-bond acceptors (Lipinski definition) is 2. The summed E-state index contributed by atoms with van der Waals surface area (Å²) in [6, 6.07) is 9.87. The van der Waals surface area contributed by atoms with E-state index in [-0.39, 0.29) is 18.0 Å². The van der Waals surface area contributed by atoms with Gasteiger partial charge in [-0.3, -0.25) is 14.4 Å². The molecule has 1 unspecified atom stereocenters. The van der Waals surface area contributed by atoms with Crippen LogP contribution in [0.1, 0.15) is 31.0 Å². The molecular weight excluding hydrogens is 310 g/mol. The van der Waals surface area contributed by atoms with Crippen LogP contribution in [0.2, 0.25) is 0 Å². The zero-order valence-corrected chi connectivity index (χ0v) is 15.0. The van der Waals surface area contributed by atoms with Crippen molar-refractivity contribution in [2.45, 2.75) is 33.2 Å². The zero-order chi connectivity index (χ0) is 15.7. The van der Waals surface area contributed by atoms with E-state index in [1.807, 2.05) is 49.0 Å². The SMILES string of the molecule is Cc1c(CN2CCCC(C)C2)c(=O)n(-c2ccccc2)n1C.Cl. The summed E-state index contributed by atoms with van der Waals surface area (Å²) in [6.07, 6.45) is 2.54. The summed E-state index contributed by atoms with van der Waals surface area (Å²) < 4.78 is 3.75. The molecule has 1 saturated heterocycles. The van der Waals surface area contributed by atoms with E-state index in [0.717, 1.165) is 42.5 Å². The maximum Gasteiger partial charge on any atom is 0.276 e. The molecule has 0 aliphatic carbocycles. The lowest BCUT2D eigenvalue weighted by Crippen LogP contribution is -2.35. The Balaban J connectivity index is 0.00000192. The first-order valence-corrected chi connectivity index (χ1v) is 8.13. The van der Waals surface area contributed by atoms with Crippen molar-refractivity contribution in [1.82, 2.24) is 14.3 Å². The Bertz CT molecular complexity index is 705. The third-order valence-corrected chi connectivity index (χ3v) is 4.80. The highest BCUT2D eigenvalue weighted by atomic mass is 35.5. The van der Waals surface area contributed by atoms with Gasteiger partial charge in [-0.25, -0.2) is 4.68 Å². The molecule has 23 heavy (non-hydrogen) atoms. The van der Waals surface area contributed by atoms with Crippen molar-refractivity contribution in [3.8, 4) is 5.69 Å². The second kappa shape index (κ2) is 7.37. The first-order valence-electron chi connectivity index (χ1n) is 8.13. The van der Waals surface area contributed by atoms with E-state index < -0.39 is 0 Å². The Morgan fingerprint density at radius 1 is 1.22 bits per heavy atom. The number of aromatic nitrogens is 2. The van der Waals surface area contributed by atoms with Gasteiger partial charge < -0.3 is 0 Å². The van der Waals surface area contributed by atoms with E-state index in [2.05, 4.69) is 11.8 Å². The lowest BCUT2D eigenvalue weighted by molar-refractivity contribution is 0.176. The fourth-order valence-corrected chi connectivity index (χ4v) is 3.46. The van der Waals surface area contributed by atoms with Crippen LogP contribution in [-0.4, -0.2) is 27.4 Å². The minimum atomic E-state index is 0. The van der Waals surface area contributed by atoms with Gasteiger partial charge in [-0.2, -0.15) is 0 Å². The molecule has 0 saturated carbocycles. The van der Waals surface area contributed by atoms with E-state index >= 15 is 0 Å². The number of halogens is 1. The number of likely N-dealkylation sites (tertiary alicyclic amines) is 1. The number of para-hydroxylation sites is 1. The molecule has 1 aliphatic rings. The van der Waals surface area contributed by atoms with Crippen molar-refractivity contribution in [1.29, 1.82) is 0 Å². The van der Waals surface area contributed by atoms with Crippen LogP contribution in [0.4, 0.5) is 0 Å². The molecular formula is C18H26ClN3O. The highest BCUT2D eigenvalue weighted by Gasteiger charge is 2.21. The van der Waals surface area contributed by atoms with E-state index in [1.165, 1.54) is 12.8 Å². The third-order valence-electron chi connectivity index (χ3n) is 4.80. The predicted octanol–water partition coefficient (Wildman–Crippen LogP) is 3.14. The molecule has 1 aliphatic heterocycles. The molecule has 4 nitrogen and oxygen atoms in total. The Morgan fingerprint density at radius 3 is 2.57 bits per heavy atom. The van der Waals surface area contributed by atoms with Crippen LogP contribution >= 0.6 is 12.4 Å². The first-order chi connectivity index (χ1) is 10.6. The molecule has 0 bridgehead atoms. The molecule has 1 atom stereocenters. The number of rotatable bonds is 3. The quantitative estimate of drug-likeness (QED) is 0.862. The summed E-state index contributed by atoms with van der Waals surface area (Å²) in [4.78, 5) is 15.3. The standard InChI is InChI=1S/C18H25N3O.ClH/c1-14-8-7-11-20(12-14)13-17-15(2)19(3)21(18(17)22)16-9-5-4-6-10-16;/h4-6,9-10,14H,7-8,11-13H2,1-3H3;1H. The van der Waals surface area contributed by atoms with Gasteiger partial charge in [0.15, 0.2) is 0 Å². The summed E-state index contributed by atoms with van der Waals surface area (Å²) >= 11 is 0. The van der Waals surface area contributed by atoms with Gasteiger partial charge in [0.25, 0.3) is 5.56 Å². The normalized spacial score (nSPS) is 18.7. The molecule has 5 heteroatoms. The predicted molar refractivity (Wildman–Crippen MR) is 96.7 cm³/mol. The minimum Gasteiger partial charge on any atom is -0.299 e. The number of nitrogens with zero attached hydrogens (tertiary/aromatic N) is 3. The monoisotopic (exact) mass is 335 g/mol. The van der Waals surface area contributed by atoms with Crippen LogP contribution in [0.15, 0.2) is 35.1 Å². The topological polar surface area (TPSA) is 30.2 Å². The van der Waals surface area contributed by atoms with E-state index in [9.17, 15) is 4.79 Å². The second-order valence-electron chi connectivity index (χ2n) is 6.52. The van der Waals surface area contributed by atoms with Crippen molar-refractivity contribution in [3.63, 3.8) is 0 Å². The first kappa shape index (κ1) is 17.8. The second-order valence-corrected chi connectivity index (χ2v) is 6.52. The molecule has 0 radical (unpaired) electrons. The molecule has 2 aromatic rings. The molecule has 0 N–H and O–H groups in total. The van der Waals surface area contributed by atoms with Gasteiger partial charge >= 0.3 is 0 Å². The van der Waals surface area contributed by atoms with Crippen molar-refractivity contribution in [3.05, 3.63) is 51.9 Å². The number of hydrogen-bond donors (Lipinski definition) is 0. The van der Waals surface area contributed by atoms with Crippen LogP contribution in [-0.2, 0) is 13.6 Å². The zero-order valence-electron chi connectivity index (χ0n) is 14.2. The summed E-state index contributed by atoms with van der Waals surface area (Å²) in [6.45, 7) is 7.31. The lowest BCUT2D eigenvalue weighted by atomic mass is 10.00. The van der Waals surface area contributed by atoms with Crippen LogP contribution in [0.25, 0.3) is 5.69 Å². The summed E-state index contributed by atoms with van der Waals surface area (Å²) in [7, 11) is 1.96. The largest absolute Gasteiger partial charge is 0.299 e. The fraction of sp³-hybridized carbons (Fsp3) is 0.500. The minimum absolute atomic E-state index is 0. The molecule has 3 rings (SSSR count). The molecule has 126 valence electrons. The van der Waals surface area contributed by atoms with Gasteiger partial charge in [0.1, 0.15) is 0 Å². The average molecular weight is 336 g/mol. The Labute approximate surface area is 144 Å². The third kappa shape index (κ3) is 3.54. The van der Waals surface area contributed by atoms with Gasteiger partial charge in [-0.15, -0.1) is 12.4 Å². The number of benzene rings is 1. The Morgan fingerprint density at radius 2 is 1.91 bits per heavy atom. The molecule has 1 aromatic heterocycles. The molecule has 1 fully saturated rings. The molecule has 1 aromatic carbocycles. The lowest BCUT2D eigenvalue weighted by Gasteiger charge is -2.30. The van der Waals surface area contributed by atoms with Crippen LogP contribution in [0.3, 0.4) is 0 Å². The molecule has 2 heterocycles. The van der Waals surface area contributed by atoms with Crippen molar-refractivity contribution in [2.24, 2.45) is 13.0 Å². The average Bonchev–Trinajstić information content (AvgIpc) is 2.72. The van der Waals surface area contributed by atoms with Crippen molar-refractivity contribution >= 4 is 12.4 Å². The maximum atomic E-state index is 12.9. The Kier molecular flexibility index (Phi) is 5.71. The van der Waals surface area contributed by atoms with E-state index in [1.54, 1.807) is 4.68 Å². The molecule has 0 spiro atoms. The van der Waals surface area contributed by atoms with Gasteiger partial charge in [0.2, 0.25) is 0 Å². The summed E-state index contributed by atoms with van der Waals surface area (Å²) in [5, 5.41) is 0. The van der Waals surface area contributed by atoms with Gasteiger partial charge in [-0.1, -0.05) is 25.1 Å². The summed E-state index contributed by atoms with van der Waals surface area (Å²) in [5.74, 6) is 0.731. The summed E-state index contributed by atoms with van der Waals surface area (Å²) in [5.41, 5.74) is 3.04. The highest BCUT2D eigenvalue weighted by molar-refractivity contribution is 5.85. The van der Waals surface area contributed by atoms with Gasteiger partial charge in [-0.05, 0) is 44.4 Å². The number of piperidine rings is 1. The Hall–Kier alpha value is -1.52. The van der Waals surface area contributed by atoms with Crippen molar-refractivity contribution < 1.29 is 0 Å². The smallest absolute Gasteiger partial charge is 0.276 e. The van der Waals surface area contributed by atoms with Gasteiger partial charge in [0, 0.05) is 25.8 Å². The van der Waals surface area contributed by atoms with E-state index in [0.29, 0.717) is 0 Å². The van der Waals surface area contributed by atoms with Crippen molar-refractivity contribution in [2.75, 3.05) is 13.1 Å². The van der Waals surface area contributed by atoms with Gasteiger partial charge in [0.05, 0.1) is 11.3 Å². The van der Waals surface area contributed by atoms with Crippen LogP contribution in [0, 0.1) is 12.8 Å². The van der Waals surface area contributed by atoms with E-state index in [4.69, 9.17) is 0 Å².